The summed E-state index contributed by atoms with van der Waals surface area (Å²) in [4.78, 5) is 19.6. The number of Topliss-reactive ketones (excluding diaryl/α,β-unsaturated/α-hetero) is 1. The van der Waals surface area contributed by atoms with Crippen molar-refractivity contribution in [3.8, 4) is 6.07 Å². The molecule has 0 radical (unpaired) electrons. The molecule has 0 aliphatic heterocycles. The Kier molecular flexibility index (Phi) is 11.7. The summed E-state index contributed by atoms with van der Waals surface area (Å²) in [6.07, 6.45) is 0.213. The maximum absolute atomic E-state index is 12.0. The Balaban J connectivity index is 0.000000313. The molecular weight excluding hydrogens is 534 g/mol. The lowest BCUT2D eigenvalue weighted by Gasteiger charge is -2.04. The molecule has 0 bridgehead atoms. The fourth-order valence-electron chi connectivity index (χ4n) is 1.91. The number of hydrogen-bond donors (Lipinski definition) is 1. The fourth-order valence-corrected chi connectivity index (χ4v) is 2.93. The standard InChI is InChI=1S/C13H8BrCl2NO.C5H4Cl2N2.C2H3N/c14-10-4-1-8(2-5-10)11(18)7-9-3-6-12(15)17-13(9)16;6-4-2-1-3(8)5(7)9-4;1-2-3/h1-6H,7H2;1-2H,8H2;1H3. The molecule has 156 valence electrons. The van der Waals surface area contributed by atoms with Crippen LogP contribution in [0.2, 0.25) is 20.6 Å². The molecule has 2 N–H and O–H groups in total. The Morgan fingerprint density at radius 1 is 0.967 bits per heavy atom. The van der Waals surface area contributed by atoms with Crippen molar-refractivity contribution in [1.29, 1.82) is 5.26 Å². The first-order valence-corrected chi connectivity index (χ1v) is 10.5. The van der Waals surface area contributed by atoms with Gasteiger partial charge >= 0.3 is 0 Å². The van der Waals surface area contributed by atoms with Gasteiger partial charge in [-0.2, -0.15) is 5.26 Å². The highest BCUT2D eigenvalue weighted by molar-refractivity contribution is 9.10. The second kappa shape index (κ2) is 13.4. The molecule has 0 atom stereocenters. The molecule has 0 unspecified atom stereocenters. The van der Waals surface area contributed by atoms with Crippen LogP contribution in [0, 0.1) is 11.3 Å². The summed E-state index contributed by atoms with van der Waals surface area (Å²) in [5, 5.41) is 8.52. The zero-order valence-electron chi connectivity index (χ0n) is 15.5. The Morgan fingerprint density at radius 2 is 1.47 bits per heavy atom. The molecule has 0 saturated heterocycles. The summed E-state index contributed by atoms with van der Waals surface area (Å²) in [7, 11) is 0. The van der Waals surface area contributed by atoms with E-state index in [0.717, 1.165) is 4.47 Å². The monoisotopic (exact) mass is 546 g/mol. The highest BCUT2D eigenvalue weighted by Gasteiger charge is 2.10. The van der Waals surface area contributed by atoms with Crippen molar-refractivity contribution in [1.82, 2.24) is 9.97 Å². The topological polar surface area (TPSA) is 92.7 Å². The minimum absolute atomic E-state index is 0.00600. The number of hydrogen-bond acceptors (Lipinski definition) is 5. The van der Waals surface area contributed by atoms with Crippen LogP contribution in [-0.2, 0) is 6.42 Å². The van der Waals surface area contributed by atoms with Gasteiger partial charge in [-0.25, -0.2) is 9.97 Å². The van der Waals surface area contributed by atoms with Crippen LogP contribution in [0.15, 0.2) is 53.0 Å². The Hall–Kier alpha value is -1.88. The number of carbonyl (C=O) groups is 1. The van der Waals surface area contributed by atoms with E-state index in [2.05, 4.69) is 25.9 Å². The van der Waals surface area contributed by atoms with Crippen LogP contribution in [0.5, 0.6) is 0 Å². The number of rotatable bonds is 3. The molecule has 5 nitrogen and oxygen atoms in total. The van der Waals surface area contributed by atoms with Crippen LogP contribution in [0.3, 0.4) is 0 Å². The number of ketones is 1. The summed E-state index contributed by atoms with van der Waals surface area (Å²) < 4.78 is 0.935. The number of pyridine rings is 2. The number of nitrogens with two attached hydrogens (primary N) is 1. The van der Waals surface area contributed by atoms with Crippen molar-refractivity contribution in [3.05, 3.63) is 84.7 Å². The summed E-state index contributed by atoms with van der Waals surface area (Å²) in [6.45, 7) is 1.43. The highest BCUT2D eigenvalue weighted by atomic mass is 79.9. The molecule has 30 heavy (non-hydrogen) atoms. The number of halogens is 5. The van der Waals surface area contributed by atoms with Gasteiger partial charge in [0.25, 0.3) is 0 Å². The number of nitrogens with zero attached hydrogens (tertiary/aromatic N) is 3. The molecular formula is C20H15BrCl4N4O. The molecule has 1 aromatic carbocycles. The second-order valence-corrected chi connectivity index (χ2v) is 7.83. The number of carbonyl (C=O) groups excluding carboxylic acids is 1. The third kappa shape index (κ3) is 9.29. The first-order valence-electron chi connectivity index (χ1n) is 8.16. The van der Waals surface area contributed by atoms with Crippen molar-refractivity contribution >= 4 is 73.8 Å². The van der Waals surface area contributed by atoms with E-state index in [0.29, 0.717) is 27.1 Å². The van der Waals surface area contributed by atoms with Gasteiger partial charge in [-0.15, -0.1) is 0 Å². The Morgan fingerprint density at radius 3 is 1.93 bits per heavy atom. The first-order chi connectivity index (χ1) is 14.2. The molecule has 10 heteroatoms. The average molecular weight is 549 g/mol. The van der Waals surface area contributed by atoms with Crippen LogP contribution < -0.4 is 5.73 Å². The lowest BCUT2D eigenvalue weighted by molar-refractivity contribution is 0.0993. The molecule has 3 rings (SSSR count). The van der Waals surface area contributed by atoms with Crippen molar-refractivity contribution < 1.29 is 4.79 Å². The van der Waals surface area contributed by atoms with Gasteiger partial charge in [0.05, 0.1) is 11.8 Å². The normalized spacial score (nSPS) is 9.37. The van der Waals surface area contributed by atoms with Gasteiger partial charge in [-0.1, -0.05) is 80.5 Å². The second-order valence-electron chi connectivity index (χ2n) is 5.43. The van der Waals surface area contributed by atoms with E-state index in [-0.39, 0.29) is 22.5 Å². The van der Waals surface area contributed by atoms with E-state index in [9.17, 15) is 4.79 Å². The van der Waals surface area contributed by atoms with Crippen LogP contribution in [0.4, 0.5) is 5.69 Å². The van der Waals surface area contributed by atoms with E-state index in [1.54, 1.807) is 42.5 Å². The van der Waals surface area contributed by atoms with Gasteiger partial charge in [-0.05, 0) is 35.9 Å². The predicted octanol–water partition coefficient (Wildman–Crippen LogP) is 7.08. The molecule has 2 heterocycles. The molecule has 0 aliphatic rings. The Bertz CT molecular complexity index is 1040. The minimum Gasteiger partial charge on any atom is -0.396 e. The van der Waals surface area contributed by atoms with E-state index >= 15 is 0 Å². The van der Waals surface area contributed by atoms with Gasteiger partial charge in [0.15, 0.2) is 10.9 Å². The molecule has 2 aromatic heterocycles. The first kappa shape index (κ1) is 26.2. The predicted molar refractivity (Wildman–Crippen MR) is 126 cm³/mol. The molecule has 0 fully saturated rings. The number of aromatic nitrogens is 2. The third-order valence-electron chi connectivity index (χ3n) is 3.25. The summed E-state index contributed by atoms with van der Waals surface area (Å²) in [6, 6.07) is 15.5. The van der Waals surface area contributed by atoms with Crippen LogP contribution in [0.25, 0.3) is 0 Å². The number of benzene rings is 1. The lowest BCUT2D eigenvalue weighted by atomic mass is 10.0. The average Bonchev–Trinajstić information content (AvgIpc) is 2.69. The molecule has 3 aromatic rings. The SMILES string of the molecule is CC#N.Nc1ccc(Cl)nc1Cl.O=C(Cc1ccc(Cl)nc1Cl)c1ccc(Br)cc1. The van der Waals surface area contributed by atoms with Gasteiger partial charge in [0.1, 0.15) is 15.5 Å². The number of nitriles is 1. The fraction of sp³-hybridized carbons (Fsp3) is 0.100. The third-order valence-corrected chi connectivity index (χ3v) is 4.83. The highest BCUT2D eigenvalue weighted by Crippen LogP contribution is 2.19. The van der Waals surface area contributed by atoms with Crippen LogP contribution in [0.1, 0.15) is 22.8 Å². The van der Waals surface area contributed by atoms with Crippen molar-refractivity contribution in [3.63, 3.8) is 0 Å². The van der Waals surface area contributed by atoms with Crippen molar-refractivity contribution in [2.24, 2.45) is 0 Å². The van der Waals surface area contributed by atoms with E-state index in [4.69, 9.17) is 57.4 Å². The largest absolute Gasteiger partial charge is 0.396 e. The number of anilines is 1. The number of nitrogen functional groups attached to an aromatic ring is 1. The maximum atomic E-state index is 12.0. The molecule has 0 saturated carbocycles. The van der Waals surface area contributed by atoms with Gasteiger partial charge in [0.2, 0.25) is 0 Å². The van der Waals surface area contributed by atoms with Gasteiger partial charge in [0, 0.05) is 23.4 Å². The van der Waals surface area contributed by atoms with Crippen LogP contribution >= 0.6 is 62.3 Å². The zero-order valence-corrected chi connectivity index (χ0v) is 20.2. The van der Waals surface area contributed by atoms with Gasteiger partial charge in [-0.3, -0.25) is 4.79 Å². The lowest BCUT2D eigenvalue weighted by Crippen LogP contribution is -2.04. The maximum Gasteiger partial charge on any atom is 0.167 e. The summed E-state index contributed by atoms with van der Waals surface area (Å²) in [5.74, 6) is -0.00600. The van der Waals surface area contributed by atoms with E-state index < -0.39 is 0 Å². The molecule has 0 amide bonds. The smallest absolute Gasteiger partial charge is 0.167 e. The zero-order chi connectivity index (χ0) is 22.7. The minimum atomic E-state index is -0.00600. The van der Waals surface area contributed by atoms with E-state index in [1.165, 1.54) is 6.92 Å². The quantitative estimate of drug-likeness (QED) is 0.279. The summed E-state index contributed by atoms with van der Waals surface area (Å²) in [5.41, 5.74) is 7.10. The molecule has 0 spiro atoms. The van der Waals surface area contributed by atoms with E-state index in [1.807, 2.05) is 12.1 Å². The van der Waals surface area contributed by atoms with Gasteiger partial charge < -0.3 is 5.73 Å². The van der Waals surface area contributed by atoms with Crippen molar-refractivity contribution in [2.45, 2.75) is 13.3 Å². The summed E-state index contributed by atoms with van der Waals surface area (Å²) >= 11 is 25.9. The molecule has 0 aliphatic carbocycles. The Labute approximate surface area is 202 Å². The van der Waals surface area contributed by atoms with Crippen molar-refractivity contribution in [2.75, 3.05) is 5.73 Å². The van der Waals surface area contributed by atoms with Crippen LogP contribution in [-0.4, -0.2) is 15.8 Å².